The van der Waals surface area contributed by atoms with E-state index in [2.05, 4.69) is 15.5 Å². The molecule has 148 valence electrons. The van der Waals surface area contributed by atoms with Gasteiger partial charge in [-0.05, 0) is 24.8 Å². The van der Waals surface area contributed by atoms with E-state index in [0.29, 0.717) is 37.5 Å². The van der Waals surface area contributed by atoms with Crippen molar-refractivity contribution in [1.29, 1.82) is 0 Å². The summed E-state index contributed by atoms with van der Waals surface area (Å²) in [6.07, 6.45) is 3.09. The number of rotatable bonds is 5. The highest BCUT2D eigenvalue weighted by Gasteiger charge is 2.29. The molecule has 0 aromatic carbocycles. The number of aromatic nitrogens is 2. The summed E-state index contributed by atoms with van der Waals surface area (Å²) in [5.41, 5.74) is 7.14. The highest BCUT2D eigenvalue weighted by Crippen LogP contribution is 2.25. The van der Waals surface area contributed by atoms with Gasteiger partial charge in [-0.1, -0.05) is 19.0 Å². The second kappa shape index (κ2) is 9.14. The number of likely N-dealkylation sites (tertiary alicyclic amines) is 1. The topological polar surface area (TPSA) is 114 Å². The van der Waals surface area contributed by atoms with E-state index in [9.17, 15) is 9.59 Å². The normalized spacial score (nSPS) is 17.0. The van der Waals surface area contributed by atoms with Crippen LogP contribution in [-0.2, 0) is 4.79 Å². The van der Waals surface area contributed by atoms with Crippen molar-refractivity contribution in [1.82, 2.24) is 20.4 Å². The Morgan fingerprint density at radius 3 is 2.93 bits per heavy atom. The quantitative estimate of drug-likeness (QED) is 0.796. The molecule has 1 unspecified atom stereocenters. The molecule has 0 spiro atoms. The summed E-state index contributed by atoms with van der Waals surface area (Å²) in [7, 11) is 0. The molecule has 0 radical (unpaired) electrons. The van der Waals surface area contributed by atoms with Crippen LogP contribution in [0.25, 0.3) is 11.1 Å². The van der Waals surface area contributed by atoms with Crippen molar-refractivity contribution in [3.63, 3.8) is 0 Å². The number of carbonyl (C=O) groups excluding carboxylic acids is 2. The lowest BCUT2D eigenvalue weighted by Gasteiger charge is -2.32. The number of hydrogen-bond donors (Lipinski definition) is 2. The first-order valence-corrected chi connectivity index (χ1v) is 9.03. The molecular weight excluding hydrogens is 370 g/mol. The predicted molar refractivity (Wildman–Crippen MR) is 104 cm³/mol. The molecule has 1 atom stereocenters. The van der Waals surface area contributed by atoms with Gasteiger partial charge in [0.05, 0.1) is 22.6 Å². The van der Waals surface area contributed by atoms with Crippen LogP contribution in [0.4, 0.5) is 0 Å². The summed E-state index contributed by atoms with van der Waals surface area (Å²) in [6, 6.07) is 1.79. The van der Waals surface area contributed by atoms with Crippen LogP contribution in [0.1, 0.15) is 48.7 Å². The van der Waals surface area contributed by atoms with Gasteiger partial charge in [-0.3, -0.25) is 9.59 Å². The number of carbonyl (C=O) groups is 2. The molecule has 8 nitrogen and oxygen atoms in total. The molecule has 3 N–H and O–H groups in total. The maximum atomic E-state index is 12.9. The zero-order valence-corrected chi connectivity index (χ0v) is 16.4. The van der Waals surface area contributed by atoms with E-state index in [0.717, 1.165) is 23.9 Å². The average molecular weight is 396 g/mol. The molecule has 3 heterocycles. The Morgan fingerprint density at radius 1 is 1.44 bits per heavy atom. The van der Waals surface area contributed by atoms with Crippen LogP contribution < -0.4 is 11.1 Å². The lowest BCUT2D eigenvalue weighted by atomic mass is 9.96. The van der Waals surface area contributed by atoms with Crippen LogP contribution in [0.3, 0.4) is 0 Å². The molecular formula is C18H26ClN5O3. The summed E-state index contributed by atoms with van der Waals surface area (Å²) in [5, 5.41) is 7.62. The molecule has 0 saturated carbocycles. The number of nitrogens with two attached hydrogens (primary N) is 1. The van der Waals surface area contributed by atoms with Gasteiger partial charge < -0.3 is 20.5 Å². The molecule has 2 amide bonds. The molecule has 1 fully saturated rings. The number of pyridine rings is 1. The van der Waals surface area contributed by atoms with Crippen molar-refractivity contribution in [2.24, 2.45) is 11.7 Å². The number of fused-ring (bicyclic) bond motifs is 1. The van der Waals surface area contributed by atoms with Gasteiger partial charge in [-0.15, -0.1) is 12.4 Å². The maximum Gasteiger partial charge on any atom is 0.257 e. The van der Waals surface area contributed by atoms with Crippen LogP contribution in [-0.4, -0.2) is 53.0 Å². The van der Waals surface area contributed by atoms with E-state index in [4.69, 9.17) is 10.3 Å². The second-order valence-corrected chi connectivity index (χ2v) is 6.97. The highest BCUT2D eigenvalue weighted by atomic mass is 35.5. The fraction of sp³-hybridized carbons (Fsp3) is 0.556. The van der Waals surface area contributed by atoms with Crippen molar-refractivity contribution in [2.45, 2.75) is 32.6 Å². The standard InChI is InChI=1S/C18H25N5O3.ClH/c1-11(2)15-14-8-13(9-21-17(14)26-22-15)18(25)23-7-3-4-12(10-23)16(24)20-6-5-19;/h8-9,11-12H,3-7,10,19H2,1-2H3,(H,20,24);1H. The van der Waals surface area contributed by atoms with Crippen LogP contribution in [0.2, 0.25) is 0 Å². The summed E-state index contributed by atoms with van der Waals surface area (Å²) in [6.45, 7) is 5.94. The number of hydrogen-bond acceptors (Lipinski definition) is 6. The Bertz CT molecular complexity index is 807. The first-order chi connectivity index (χ1) is 12.5. The van der Waals surface area contributed by atoms with Crippen LogP contribution in [0.15, 0.2) is 16.8 Å². The van der Waals surface area contributed by atoms with Crippen molar-refractivity contribution in [3.05, 3.63) is 23.5 Å². The van der Waals surface area contributed by atoms with Crippen molar-refractivity contribution >= 4 is 35.3 Å². The van der Waals surface area contributed by atoms with Gasteiger partial charge in [-0.2, -0.15) is 0 Å². The lowest BCUT2D eigenvalue weighted by molar-refractivity contribution is -0.126. The van der Waals surface area contributed by atoms with Gasteiger partial charge in [0.1, 0.15) is 0 Å². The number of amides is 2. The van der Waals surface area contributed by atoms with Gasteiger partial charge in [0.2, 0.25) is 5.91 Å². The third-order valence-electron chi connectivity index (χ3n) is 4.67. The number of nitrogens with one attached hydrogen (secondary N) is 1. The minimum Gasteiger partial charge on any atom is -0.355 e. The third kappa shape index (κ3) is 4.56. The predicted octanol–water partition coefficient (Wildman–Crippen LogP) is 1.70. The van der Waals surface area contributed by atoms with E-state index in [-0.39, 0.29) is 36.1 Å². The third-order valence-corrected chi connectivity index (χ3v) is 4.67. The molecule has 1 aliphatic rings. The van der Waals surface area contributed by atoms with E-state index in [1.54, 1.807) is 11.0 Å². The Balaban J connectivity index is 0.00000261. The molecule has 9 heteroatoms. The van der Waals surface area contributed by atoms with E-state index in [1.165, 1.54) is 6.20 Å². The van der Waals surface area contributed by atoms with Crippen molar-refractivity contribution in [2.75, 3.05) is 26.2 Å². The maximum absolute atomic E-state index is 12.9. The Labute approximate surface area is 164 Å². The number of piperidine rings is 1. The fourth-order valence-corrected chi connectivity index (χ4v) is 3.28. The average Bonchev–Trinajstić information content (AvgIpc) is 3.09. The molecule has 1 saturated heterocycles. The molecule has 3 rings (SSSR count). The fourth-order valence-electron chi connectivity index (χ4n) is 3.28. The first kappa shape index (κ1) is 21.1. The Kier molecular flexibility index (Phi) is 7.15. The van der Waals surface area contributed by atoms with Crippen LogP contribution in [0, 0.1) is 5.92 Å². The van der Waals surface area contributed by atoms with Crippen LogP contribution >= 0.6 is 12.4 Å². The van der Waals surface area contributed by atoms with Gasteiger partial charge in [0.15, 0.2) is 0 Å². The Hall–Kier alpha value is -2.19. The second-order valence-electron chi connectivity index (χ2n) is 6.97. The highest BCUT2D eigenvalue weighted by molar-refractivity contribution is 5.97. The zero-order chi connectivity index (χ0) is 18.7. The molecule has 2 aromatic rings. The summed E-state index contributed by atoms with van der Waals surface area (Å²) < 4.78 is 5.23. The molecule has 0 aliphatic carbocycles. The smallest absolute Gasteiger partial charge is 0.257 e. The van der Waals surface area contributed by atoms with Crippen molar-refractivity contribution < 1.29 is 14.1 Å². The van der Waals surface area contributed by atoms with Gasteiger partial charge in [-0.25, -0.2) is 4.98 Å². The zero-order valence-electron chi connectivity index (χ0n) is 15.6. The lowest BCUT2D eigenvalue weighted by Crippen LogP contribution is -2.46. The van der Waals surface area contributed by atoms with E-state index < -0.39 is 0 Å². The van der Waals surface area contributed by atoms with E-state index in [1.807, 2.05) is 13.8 Å². The SMILES string of the molecule is CC(C)c1noc2ncc(C(=O)N3CCCC(C(=O)NCCN)C3)cc12.Cl. The number of halogens is 1. The Morgan fingerprint density at radius 2 is 2.22 bits per heavy atom. The molecule has 0 bridgehead atoms. The largest absolute Gasteiger partial charge is 0.355 e. The van der Waals surface area contributed by atoms with E-state index >= 15 is 0 Å². The minimum atomic E-state index is -0.197. The summed E-state index contributed by atoms with van der Waals surface area (Å²) in [5.74, 6) is -0.180. The van der Waals surface area contributed by atoms with Crippen molar-refractivity contribution in [3.8, 4) is 0 Å². The van der Waals surface area contributed by atoms with Gasteiger partial charge >= 0.3 is 0 Å². The summed E-state index contributed by atoms with van der Waals surface area (Å²) in [4.78, 5) is 31.0. The first-order valence-electron chi connectivity index (χ1n) is 9.03. The molecule has 1 aliphatic heterocycles. The molecule has 27 heavy (non-hydrogen) atoms. The summed E-state index contributed by atoms with van der Waals surface area (Å²) >= 11 is 0. The monoisotopic (exact) mass is 395 g/mol. The minimum absolute atomic E-state index is 0. The van der Waals surface area contributed by atoms with Gasteiger partial charge in [0, 0.05) is 32.4 Å². The van der Waals surface area contributed by atoms with Crippen LogP contribution in [0.5, 0.6) is 0 Å². The van der Waals surface area contributed by atoms with Gasteiger partial charge in [0.25, 0.3) is 11.6 Å². The number of nitrogens with zero attached hydrogens (tertiary/aromatic N) is 3. The molecule has 2 aromatic heterocycles.